The molecule has 66 valence electrons. The first-order chi connectivity index (χ1) is 5.16. The lowest BCUT2D eigenvalue weighted by Crippen LogP contribution is -2.31. The molecule has 0 saturated carbocycles. The molecule has 0 bridgehead atoms. The van der Waals surface area contributed by atoms with Gasteiger partial charge in [0.2, 0.25) is 0 Å². The van der Waals surface area contributed by atoms with Crippen molar-refractivity contribution in [1.82, 2.24) is 0 Å². The van der Waals surface area contributed by atoms with E-state index in [4.69, 9.17) is 4.74 Å². The van der Waals surface area contributed by atoms with Gasteiger partial charge in [-0.1, -0.05) is 13.3 Å². The van der Waals surface area contributed by atoms with Gasteiger partial charge in [-0.15, -0.1) is 0 Å². The summed E-state index contributed by atoms with van der Waals surface area (Å²) in [4.78, 5) is 0. The summed E-state index contributed by atoms with van der Waals surface area (Å²) in [6.07, 6.45) is 0.0204. The van der Waals surface area contributed by atoms with Crippen molar-refractivity contribution in [2.45, 2.75) is 51.1 Å². The third-order valence-corrected chi connectivity index (χ3v) is 2.17. The molecule has 1 aliphatic rings. The Bertz CT molecular complexity index is 127. The zero-order valence-corrected chi connectivity index (χ0v) is 7.03. The molecule has 0 amide bonds. The molecule has 3 heteroatoms. The molecule has 1 aliphatic heterocycles. The van der Waals surface area contributed by atoms with Gasteiger partial charge in [0.05, 0.1) is 12.2 Å². The molecule has 0 aromatic rings. The highest BCUT2D eigenvalue weighted by molar-refractivity contribution is 4.87. The van der Waals surface area contributed by atoms with E-state index in [0.717, 1.165) is 12.8 Å². The second-order valence-electron chi connectivity index (χ2n) is 3.15. The average Bonchev–Trinajstić information content (AvgIpc) is 2.19. The van der Waals surface area contributed by atoms with Crippen molar-refractivity contribution in [3.63, 3.8) is 0 Å². The van der Waals surface area contributed by atoms with Gasteiger partial charge >= 0.3 is 0 Å². The van der Waals surface area contributed by atoms with Crippen LogP contribution in [0.2, 0.25) is 0 Å². The van der Waals surface area contributed by atoms with E-state index in [2.05, 4.69) is 0 Å². The van der Waals surface area contributed by atoms with E-state index in [0.29, 0.717) is 0 Å². The maximum atomic E-state index is 9.38. The van der Waals surface area contributed by atoms with Crippen LogP contribution < -0.4 is 0 Å². The second-order valence-corrected chi connectivity index (χ2v) is 3.15. The van der Waals surface area contributed by atoms with E-state index in [1.807, 2.05) is 6.92 Å². The van der Waals surface area contributed by atoms with Gasteiger partial charge in [0.25, 0.3) is 0 Å². The van der Waals surface area contributed by atoms with Crippen molar-refractivity contribution < 1.29 is 14.9 Å². The third kappa shape index (κ3) is 1.72. The molecular formula is C8H16O3. The minimum absolute atomic E-state index is 0.162. The van der Waals surface area contributed by atoms with Crippen LogP contribution in [0, 0.1) is 0 Å². The molecule has 4 atom stereocenters. The summed E-state index contributed by atoms with van der Waals surface area (Å²) in [5.41, 5.74) is 0. The Hall–Kier alpha value is -0.120. The summed E-state index contributed by atoms with van der Waals surface area (Å²) < 4.78 is 5.33. The van der Waals surface area contributed by atoms with Crippen molar-refractivity contribution in [2.24, 2.45) is 0 Å². The van der Waals surface area contributed by atoms with Crippen LogP contribution in [-0.2, 0) is 4.74 Å². The molecule has 1 heterocycles. The second kappa shape index (κ2) is 3.52. The maximum Gasteiger partial charge on any atom is 0.109 e. The summed E-state index contributed by atoms with van der Waals surface area (Å²) in [6.45, 7) is 3.81. The highest BCUT2D eigenvalue weighted by Gasteiger charge is 2.39. The molecule has 1 saturated heterocycles. The normalized spacial score (nSPS) is 44.7. The smallest absolute Gasteiger partial charge is 0.109 e. The minimum atomic E-state index is -0.702. The fraction of sp³-hybridized carbons (Fsp3) is 1.00. The molecule has 1 fully saturated rings. The molecule has 3 nitrogen and oxygen atoms in total. The highest BCUT2D eigenvalue weighted by Crippen LogP contribution is 2.23. The van der Waals surface area contributed by atoms with Crippen molar-refractivity contribution >= 4 is 0 Å². The van der Waals surface area contributed by atoms with E-state index in [1.54, 1.807) is 6.92 Å². The first-order valence-corrected chi connectivity index (χ1v) is 4.18. The largest absolute Gasteiger partial charge is 0.388 e. The van der Waals surface area contributed by atoms with Gasteiger partial charge in [0.1, 0.15) is 12.2 Å². The van der Waals surface area contributed by atoms with E-state index < -0.39 is 12.2 Å². The average molecular weight is 160 g/mol. The number of aliphatic hydroxyl groups excluding tert-OH is 2. The molecule has 11 heavy (non-hydrogen) atoms. The maximum absolute atomic E-state index is 9.38. The summed E-state index contributed by atoms with van der Waals surface area (Å²) in [5, 5.41) is 18.7. The molecule has 2 N–H and O–H groups in total. The molecule has 0 aromatic carbocycles. The standard InChI is InChI=1S/C8H16O3/c1-3-4-6-8(10)7(9)5(2)11-6/h5-10H,3-4H2,1-2H3/t5-,6+,7-,8+/m1/s1. The number of ether oxygens (including phenoxy) is 1. The molecular weight excluding hydrogens is 144 g/mol. The summed E-state index contributed by atoms with van der Waals surface area (Å²) >= 11 is 0. The van der Waals surface area contributed by atoms with Gasteiger partial charge in [0.15, 0.2) is 0 Å². The Morgan fingerprint density at radius 3 is 2.27 bits per heavy atom. The molecule has 0 unspecified atom stereocenters. The van der Waals surface area contributed by atoms with Gasteiger partial charge in [-0.2, -0.15) is 0 Å². The van der Waals surface area contributed by atoms with Crippen LogP contribution in [0.5, 0.6) is 0 Å². The Balaban J connectivity index is 2.45. The van der Waals surface area contributed by atoms with Crippen molar-refractivity contribution in [2.75, 3.05) is 0 Å². The van der Waals surface area contributed by atoms with Gasteiger partial charge in [0, 0.05) is 0 Å². The molecule has 1 rings (SSSR count). The van der Waals surface area contributed by atoms with Crippen molar-refractivity contribution in [3.8, 4) is 0 Å². The first-order valence-electron chi connectivity index (χ1n) is 4.18. The predicted octanol–water partition coefficient (Wildman–Crippen LogP) is 0.296. The van der Waals surface area contributed by atoms with Crippen molar-refractivity contribution in [3.05, 3.63) is 0 Å². The fourth-order valence-electron chi connectivity index (χ4n) is 1.46. The van der Waals surface area contributed by atoms with Crippen LogP contribution >= 0.6 is 0 Å². The number of hydrogen-bond acceptors (Lipinski definition) is 3. The fourth-order valence-corrected chi connectivity index (χ4v) is 1.46. The number of rotatable bonds is 2. The lowest BCUT2D eigenvalue weighted by molar-refractivity contribution is 0.0110. The Morgan fingerprint density at radius 1 is 1.27 bits per heavy atom. The monoisotopic (exact) mass is 160 g/mol. The minimum Gasteiger partial charge on any atom is -0.388 e. The van der Waals surface area contributed by atoms with E-state index in [-0.39, 0.29) is 12.2 Å². The molecule has 0 aromatic heterocycles. The zero-order chi connectivity index (χ0) is 8.43. The SMILES string of the molecule is CCC[C@@H]1O[C@H](C)[C@@H](O)[C@H]1O. The van der Waals surface area contributed by atoms with Crippen molar-refractivity contribution in [1.29, 1.82) is 0 Å². The lowest BCUT2D eigenvalue weighted by atomic mass is 10.1. The highest BCUT2D eigenvalue weighted by atomic mass is 16.5. The van der Waals surface area contributed by atoms with E-state index >= 15 is 0 Å². The van der Waals surface area contributed by atoms with Crippen LogP contribution in [0.1, 0.15) is 26.7 Å². The van der Waals surface area contributed by atoms with Crippen LogP contribution in [0.4, 0.5) is 0 Å². The van der Waals surface area contributed by atoms with Gasteiger partial charge in [-0.05, 0) is 13.3 Å². The lowest BCUT2D eigenvalue weighted by Gasteiger charge is -2.12. The summed E-state index contributed by atoms with van der Waals surface area (Å²) in [5.74, 6) is 0. The first kappa shape index (κ1) is 8.97. The Morgan fingerprint density at radius 2 is 1.91 bits per heavy atom. The topological polar surface area (TPSA) is 49.7 Å². The summed E-state index contributed by atoms with van der Waals surface area (Å²) in [7, 11) is 0. The molecule has 0 spiro atoms. The van der Waals surface area contributed by atoms with E-state index in [1.165, 1.54) is 0 Å². The number of aliphatic hydroxyl groups is 2. The van der Waals surface area contributed by atoms with E-state index in [9.17, 15) is 10.2 Å². The van der Waals surface area contributed by atoms with Gasteiger partial charge < -0.3 is 14.9 Å². The number of hydrogen-bond donors (Lipinski definition) is 2. The van der Waals surface area contributed by atoms with Crippen LogP contribution in [0.15, 0.2) is 0 Å². The zero-order valence-electron chi connectivity index (χ0n) is 7.03. The van der Waals surface area contributed by atoms with Crippen LogP contribution in [0.25, 0.3) is 0 Å². The van der Waals surface area contributed by atoms with Crippen LogP contribution in [0.3, 0.4) is 0 Å². The quantitative estimate of drug-likeness (QED) is 0.610. The predicted molar refractivity (Wildman–Crippen MR) is 41.3 cm³/mol. The Kier molecular flexibility index (Phi) is 2.87. The van der Waals surface area contributed by atoms with Gasteiger partial charge in [-0.3, -0.25) is 0 Å². The third-order valence-electron chi connectivity index (χ3n) is 2.17. The molecule has 0 aliphatic carbocycles. The van der Waals surface area contributed by atoms with Gasteiger partial charge in [-0.25, -0.2) is 0 Å². The summed E-state index contributed by atoms with van der Waals surface area (Å²) in [6, 6.07) is 0. The molecule has 0 radical (unpaired) electrons. The Labute approximate surface area is 67.0 Å². The van der Waals surface area contributed by atoms with Crippen LogP contribution in [-0.4, -0.2) is 34.6 Å².